The van der Waals surface area contributed by atoms with Gasteiger partial charge in [0.15, 0.2) is 0 Å². The van der Waals surface area contributed by atoms with Crippen molar-refractivity contribution in [3.63, 3.8) is 0 Å². The molecule has 1 aromatic heterocycles. The molecule has 0 atom stereocenters. The number of halogens is 1. The van der Waals surface area contributed by atoms with E-state index in [0.717, 1.165) is 23.7 Å². The third-order valence-electron chi connectivity index (χ3n) is 4.18. The van der Waals surface area contributed by atoms with Crippen LogP contribution in [0.4, 0.5) is 0 Å². The second-order valence-electron chi connectivity index (χ2n) is 5.73. The topological polar surface area (TPSA) is 34.9 Å². The SMILES string of the molecule is Cc1nn(C)c(CC(=O)CCC2CCCCC2)c1Cl. The van der Waals surface area contributed by atoms with E-state index >= 15 is 0 Å². The van der Waals surface area contributed by atoms with Crippen molar-refractivity contribution < 1.29 is 4.79 Å². The number of hydrogen-bond acceptors (Lipinski definition) is 2. The molecule has 1 saturated carbocycles. The molecule has 1 heterocycles. The molecule has 1 fully saturated rings. The number of aromatic nitrogens is 2. The van der Waals surface area contributed by atoms with Gasteiger partial charge < -0.3 is 0 Å². The molecular weight excluding hydrogens is 260 g/mol. The van der Waals surface area contributed by atoms with Crippen LogP contribution in [0.2, 0.25) is 5.02 Å². The summed E-state index contributed by atoms with van der Waals surface area (Å²) in [4.78, 5) is 12.1. The van der Waals surface area contributed by atoms with E-state index in [4.69, 9.17) is 11.6 Å². The van der Waals surface area contributed by atoms with Crippen LogP contribution in [-0.4, -0.2) is 15.6 Å². The highest BCUT2D eigenvalue weighted by molar-refractivity contribution is 6.32. The predicted octanol–water partition coefficient (Wildman–Crippen LogP) is 3.85. The Labute approximate surface area is 120 Å². The van der Waals surface area contributed by atoms with E-state index in [2.05, 4.69) is 5.10 Å². The highest BCUT2D eigenvalue weighted by Gasteiger charge is 2.17. The van der Waals surface area contributed by atoms with Crippen molar-refractivity contribution in [1.82, 2.24) is 9.78 Å². The minimum atomic E-state index is 0.287. The summed E-state index contributed by atoms with van der Waals surface area (Å²) in [6.07, 6.45) is 8.81. The number of carbonyl (C=O) groups excluding carboxylic acids is 1. The smallest absolute Gasteiger partial charge is 0.138 e. The van der Waals surface area contributed by atoms with Crippen LogP contribution in [0.25, 0.3) is 0 Å². The molecule has 106 valence electrons. The molecule has 0 radical (unpaired) electrons. The number of hydrogen-bond donors (Lipinski definition) is 0. The predicted molar refractivity (Wildman–Crippen MR) is 77.5 cm³/mol. The second-order valence-corrected chi connectivity index (χ2v) is 6.11. The number of rotatable bonds is 5. The average Bonchev–Trinajstić information content (AvgIpc) is 2.64. The molecule has 1 aliphatic carbocycles. The summed E-state index contributed by atoms with van der Waals surface area (Å²) in [5, 5.41) is 4.89. The number of aryl methyl sites for hydroxylation is 2. The molecule has 0 unspecified atom stereocenters. The lowest BCUT2D eigenvalue weighted by Gasteiger charge is -2.20. The Bertz CT molecular complexity index is 447. The van der Waals surface area contributed by atoms with Gasteiger partial charge in [-0.05, 0) is 19.3 Å². The first-order valence-corrected chi connectivity index (χ1v) is 7.65. The molecule has 0 amide bonds. The van der Waals surface area contributed by atoms with Crippen molar-refractivity contribution >= 4 is 17.4 Å². The number of ketones is 1. The summed E-state index contributed by atoms with van der Waals surface area (Å²) < 4.78 is 1.73. The van der Waals surface area contributed by atoms with E-state index in [0.29, 0.717) is 17.9 Å². The minimum Gasteiger partial charge on any atom is -0.299 e. The lowest BCUT2D eigenvalue weighted by Crippen LogP contribution is -2.12. The van der Waals surface area contributed by atoms with Crippen LogP contribution in [0.5, 0.6) is 0 Å². The molecule has 0 N–H and O–H groups in total. The molecule has 1 aromatic rings. The van der Waals surface area contributed by atoms with Crippen molar-refractivity contribution in [2.24, 2.45) is 13.0 Å². The fraction of sp³-hybridized carbons (Fsp3) is 0.733. The van der Waals surface area contributed by atoms with Crippen LogP contribution in [0.15, 0.2) is 0 Å². The maximum absolute atomic E-state index is 12.1. The van der Waals surface area contributed by atoms with Gasteiger partial charge in [-0.15, -0.1) is 0 Å². The van der Waals surface area contributed by atoms with Crippen LogP contribution in [0.1, 0.15) is 56.3 Å². The Hall–Kier alpha value is -0.830. The van der Waals surface area contributed by atoms with Gasteiger partial charge in [0.1, 0.15) is 5.78 Å². The van der Waals surface area contributed by atoms with Gasteiger partial charge in [-0.1, -0.05) is 43.7 Å². The summed E-state index contributed by atoms with van der Waals surface area (Å²) in [6.45, 7) is 1.87. The Kier molecular flexibility index (Phi) is 5.03. The van der Waals surface area contributed by atoms with Crippen LogP contribution in [-0.2, 0) is 18.3 Å². The van der Waals surface area contributed by atoms with Gasteiger partial charge in [0.05, 0.1) is 16.4 Å². The van der Waals surface area contributed by atoms with Gasteiger partial charge >= 0.3 is 0 Å². The lowest BCUT2D eigenvalue weighted by atomic mass is 9.85. The molecule has 0 bridgehead atoms. The highest BCUT2D eigenvalue weighted by atomic mass is 35.5. The molecule has 19 heavy (non-hydrogen) atoms. The van der Waals surface area contributed by atoms with Crippen molar-refractivity contribution in [1.29, 1.82) is 0 Å². The number of Topliss-reactive ketones (excluding diaryl/α,β-unsaturated/α-hetero) is 1. The maximum atomic E-state index is 12.1. The van der Waals surface area contributed by atoms with Gasteiger partial charge in [0.2, 0.25) is 0 Å². The highest BCUT2D eigenvalue weighted by Crippen LogP contribution is 2.28. The zero-order valence-electron chi connectivity index (χ0n) is 11.9. The summed E-state index contributed by atoms with van der Waals surface area (Å²) >= 11 is 6.17. The minimum absolute atomic E-state index is 0.287. The molecule has 0 saturated heterocycles. The van der Waals surface area contributed by atoms with Gasteiger partial charge in [-0.2, -0.15) is 5.10 Å². The monoisotopic (exact) mass is 282 g/mol. The zero-order valence-corrected chi connectivity index (χ0v) is 12.7. The van der Waals surface area contributed by atoms with Crippen molar-refractivity contribution in [3.8, 4) is 0 Å². The molecule has 0 aliphatic heterocycles. The van der Waals surface area contributed by atoms with E-state index in [-0.39, 0.29) is 5.78 Å². The van der Waals surface area contributed by atoms with Crippen molar-refractivity contribution in [3.05, 3.63) is 16.4 Å². The van der Waals surface area contributed by atoms with Gasteiger partial charge in [0.25, 0.3) is 0 Å². The molecular formula is C15H23ClN2O. The molecule has 4 heteroatoms. The lowest BCUT2D eigenvalue weighted by molar-refractivity contribution is -0.118. The van der Waals surface area contributed by atoms with E-state index in [1.807, 2.05) is 14.0 Å². The Morgan fingerprint density at radius 2 is 2.05 bits per heavy atom. The van der Waals surface area contributed by atoms with Crippen LogP contribution in [0.3, 0.4) is 0 Å². The first kappa shape index (κ1) is 14.6. The maximum Gasteiger partial charge on any atom is 0.138 e. The van der Waals surface area contributed by atoms with Gasteiger partial charge in [-0.3, -0.25) is 9.48 Å². The zero-order chi connectivity index (χ0) is 13.8. The third kappa shape index (κ3) is 3.82. The fourth-order valence-corrected chi connectivity index (χ4v) is 3.22. The first-order valence-electron chi connectivity index (χ1n) is 7.27. The van der Waals surface area contributed by atoms with E-state index in [1.165, 1.54) is 32.1 Å². The van der Waals surface area contributed by atoms with Crippen molar-refractivity contribution in [2.45, 2.75) is 58.3 Å². The molecule has 0 aromatic carbocycles. The fourth-order valence-electron chi connectivity index (χ4n) is 2.99. The Morgan fingerprint density at radius 1 is 1.37 bits per heavy atom. The molecule has 3 nitrogen and oxygen atoms in total. The average molecular weight is 283 g/mol. The Morgan fingerprint density at radius 3 is 2.63 bits per heavy atom. The third-order valence-corrected chi connectivity index (χ3v) is 4.67. The van der Waals surface area contributed by atoms with Crippen LogP contribution >= 0.6 is 11.6 Å². The largest absolute Gasteiger partial charge is 0.299 e. The second kappa shape index (κ2) is 6.56. The Balaban J connectivity index is 1.83. The number of nitrogens with zero attached hydrogens (tertiary/aromatic N) is 2. The van der Waals surface area contributed by atoms with E-state index < -0.39 is 0 Å². The summed E-state index contributed by atoms with van der Waals surface area (Å²) in [5.41, 5.74) is 1.66. The molecule has 2 rings (SSSR count). The van der Waals surface area contributed by atoms with Gasteiger partial charge in [-0.25, -0.2) is 0 Å². The van der Waals surface area contributed by atoms with Gasteiger partial charge in [0, 0.05) is 19.9 Å². The molecule has 0 spiro atoms. The normalized spacial score (nSPS) is 16.8. The van der Waals surface area contributed by atoms with Crippen LogP contribution in [0, 0.1) is 12.8 Å². The number of carbonyl (C=O) groups is 1. The standard InChI is InChI=1S/C15H23ClN2O/c1-11-15(16)14(18(2)17-11)10-13(19)9-8-12-6-4-3-5-7-12/h12H,3-10H2,1-2H3. The summed E-state index contributed by atoms with van der Waals surface area (Å²) in [7, 11) is 1.85. The first-order chi connectivity index (χ1) is 9.08. The summed E-state index contributed by atoms with van der Waals surface area (Å²) in [5.74, 6) is 1.05. The summed E-state index contributed by atoms with van der Waals surface area (Å²) in [6, 6.07) is 0. The van der Waals surface area contributed by atoms with E-state index in [1.54, 1.807) is 4.68 Å². The van der Waals surface area contributed by atoms with Crippen molar-refractivity contribution in [2.75, 3.05) is 0 Å². The quantitative estimate of drug-likeness (QED) is 0.822. The molecule has 1 aliphatic rings. The van der Waals surface area contributed by atoms with E-state index in [9.17, 15) is 4.79 Å². The van der Waals surface area contributed by atoms with Crippen LogP contribution < -0.4 is 0 Å².